The molecule has 1 rings (SSSR count). The number of ketones is 1. The van der Waals surface area contributed by atoms with E-state index in [-0.39, 0.29) is 12.0 Å². The molecule has 0 amide bonds. The highest BCUT2D eigenvalue weighted by molar-refractivity contribution is 5.82. The Morgan fingerprint density at radius 2 is 1.69 bits per heavy atom. The quantitative estimate of drug-likeness (QED) is 0.717. The Balaban J connectivity index is 2.27. The molecule has 2 nitrogen and oxygen atoms in total. The molecule has 0 aromatic carbocycles. The van der Waals surface area contributed by atoms with Gasteiger partial charge in [-0.1, -0.05) is 13.8 Å². The van der Waals surface area contributed by atoms with Crippen molar-refractivity contribution >= 4 is 5.78 Å². The van der Waals surface area contributed by atoms with Crippen LogP contribution in [0.2, 0.25) is 0 Å². The Labute approximate surface area is 99.8 Å². The third-order valence-electron chi connectivity index (χ3n) is 3.73. The van der Waals surface area contributed by atoms with Crippen molar-refractivity contribution < 1.29 is 9.53 Å². The predicted octanol–water partition coefficient (Wildman–Crippen LogP) is 3.44. The molecule has 16 heavy (non-hydrogen) atoms. The monoisotopic (exact) mass is 226 g/mol. The average molecular weight is 226 g/mol. The average Bonchev–Trinajstić information content (AvgIpc) is 2.26. The first-order valence-corrected chi connectivity index (χ1v) is 6.65. The van der Waals surface area contributed by atoms with Crippen LogP contribution < -0.4 is 0 Å². The van der Waals surface area contributed by atoms with Gasteiger partial charge in [0, 0.05) is 5.92 Å². The smallest absolute Gasteiger partial charge is 0.161 e. The van der Waals surface area contributed by atoms with E-state index in [1.165, 1.54) is 12.8 Å². The van der Waals surface area contributed by atoms with Crippen molar-refractivity contribution in [1.82, 2.24) is 0 Å². The normalized spacial score (nSPS) is 26.4. The van der Waals surface area contributed by atoms with Gasteiger partial charge < -0.3 is 4.74 Å². The van der Waals surface area contributed by atoms with Crippen molar-refractivity contribution in [2.24, 2.45) is 17.8 Å². The van der Waals surface area contributed by atoms with Crippen molar-refractivity contribution in [3.63, 3.8) is 0 Å². The topological polar surface area (TPSA) is 26.3 Å². The Morgan fingerprint density at radius 3 is 2.12 bits per heavy atom. The van der Waals surface area contributed by atoms with E-state index in [0.29, 0.717) is 12.4 Å². The van der Waals surface area contributed by atoms with Gasteiger partial charge in [0.2, 0.25) is 0 Å². The Bertz CT molecular complexity index is 213. The lowest BCUT2D eigenvalue weighted by atomic mass is 9.76. The number of hydrogen-bond acceptors (Lipinski definition) is 2. The van der Waals surface area contributed by atoms with Crippen molar-refractivity contribution in [2.45, 2.75) is 59.5 Å². The molecular weight excluding hydrogens is 200 g/mol. The molecule has 0 saturated heterocycles. The summed E-state index contributed by atoms with van der Waals surface area (Å²) in [4.78, 5) is 11.9. The molecule has 1 fully saturated rings. The number of hydrogen-bond donors (Lipinski definition) is 0. The molecule has 1 saturated carbocycles. The summed E-state index contributed by atoms with van der Waals surface area (Å²) >= 11 is 0. The van der Waals surface area contributed by atoms with Gasteiger partial charge >= 0.3 is 0 Å². The van der Waals surface area contributed by atoms with Gasteiger partial charge in [-0.05, 0) is 51.4 Å². The molecule has 1 aliphatic rings. The van der Waals surface area contributed by atoms with Gasteiger partial charge in [0.05, 0.1) is 6.10 Å². The lowest BCUT2D eigenvalue weighted by molar-refractivity contribution is -0.130. The van der Waals surface area contributed by atoms with E-state index < -0.39 is 0 Å². The fourth-order valence-corrected chi connectivity index (χ4v) is 2.47. The minimum Gasteiger partial charge on any atom is -0.371 e. The minimum atomic E-state index is 0.163. The molecule has 0 heterocycles. The molecule has 0 spiro atoms. The van der Waals surface area contributed by atoms with E-state index in [1.54, 1.807) is 0 Å². The van der Waals surface area contributed by atoms with Crippen LogP contribution in [0.15, 0.2) is 0 Å². The van der Waals surface area contributed by atoms with Gasteiger partial charge in [0.15, 0.2) is 5.78 Å². The molecule has 0 bridgehead atoms. The van der Waals surface area contributed by atoms with Crippen molar-refractivity contribution in [3.05, 3.63) is 0 Å². The number of carbonyl (C=O) groups is 1. The van der Waals surface area contributed by atoms with Crippen molar-refractivity contribution in [1.29, 1.82) is 0 Å². The highest BCUT2D eigenvalue weighted by atomic mass is 16.5. The molecule has 0 unspecified atom stereocenters. The van der Waals surface area contributed by atoms with Crippen LogP contribution in [0.5, 0.6) is 0 Å². The zero-order chi connectivity index (χ0) is 12.1. The van der Waals surface area contributed by atoms with Crippen molar-refractivity contribution in [2.75, 3.05) is 6.61 Å². The summed E-state index contributed by atoms with van der Waals surface area (Å²) in [6, 6.07) is 0. The number of rotatable bonds is 5. The third kappa shape index (κ3) is 4.25. The summed E-state index contributed by atoms with van der Waals surface area (Å²) in [5.74, 6) is 2.18. The standard InChI is InChI=1S/C14H26O2/c1-10(2)12-5-7-13(8-6-12)14(15)9-16-11(3)4/h10-13H,5-9H2,1-4H3. The molecule has 94 valence electrons. The van der Waals surface area contributed by atoms with Crippen LogP contribution in [0, 0.1) is 17.8 Å². The van der Waals surface area contributed by atoms with E-state index >= 15 is 0 Å². The molecule has 0 aromatic heterocycles. The van der Waals surface area contributed by atoms with Crippen LogP contribution >= 0.6 is 0 Å². The summed E-state index contributed by atoms with van der Waals surface area (Å²) in [5, 5.41) is 0. The van der Waals surface area contributed by atoms with Crippen LogP contribution in [-0.2, 0) is 9.53 Å². The maximum atomic E-state index is 11.9. The molecule has 0 radical (unpaired) electrons. The third-order valence-corrected chi connectivity index (χ3v) is 3.73. The highest BCUT2D eigenvalue weighted by Crippen LogP contribution is 2.33. The summed E-state index contributed by atoms with van der Waals surface area (Å²) in [5.41, 5.74) is 0. The number of carbonyl (C=O) groups excluding carboxylic acids is 1. The fourth-order valence-electron chi connectivity index (χ4n) is 2.47. The van der Waals surface area contributed by atoms with Gasteiger partial charge in [0.25, 0.3) is 0 Å². The van der Waals surface area contributed by atoms with Crippen LogP contribution in [0.3, 0.4) is 0 Å². The van der Waals surface area contributed by atoms with Gasteiger partial charge in [-0.25, -0.2) is 0 Å². The molecule has 1 aliphatic carbocycles. The Kier molecular flexibility index (Phi) is 5.47. The summed E-state index contributed by atoms with van der Waals surface area (Å²) in [7, 11) is 0. The summed E-state index contributed by atoms with van der Waals surface area (Å²) in [6.07, 6.45) is 4.74. The molecule has 2 heteroatoms. The second-order valence-corrected chi connectivity index (χ2v) is 5.68. The zero-order valence-corrected chi connectivity index (χ0v) is 11.2. The molecular formula is C14H26O2. The second kappa shape index (κ2) is 6.39. The van der Waals surface area contributed by atoms with Crippen molar-refractivity contribution in [3.8, 4) is 0 Å². The first-order valence-electron chi connectivity index (χ1n) is 6.65. The van der Waals surface area contributed by atoms with Gasteiger partial charge in [-0.2, -0.15) is 0 Å². The van der Waals surface area contributed by atoms with Gasteiger partial charge in [-0.3, -0.25) is 4.79 Å². The van der Waals surface area contributed by atoms with Crippen LogP contribution in [0.25, 0.3) is 0 Å². The maximum Gasteiger partial charge on any atom is 0.161 e. The second-order valence-electron chi connectivity index (χ2n) is 5.68. The van der Waals surface area contributed by atoms with E-state index in [0.717, 1.165) is 24.7 Å². The molecule has 0 atom stereocenters. The predicted molar refractivity (Wildman–Crippen MR) is 66.4 cm³/mol. The molecule has 0 aromatic rings. The number of Topliss-reactive ketones (excluding diaryl/α,β-unsaturated/α-hetero) is 1. The van der Waals surface area contributed by atoms with Crippen LogP contribution in [0.4, 0.5) is 0 Å². The summed E-state index contributed by atoms with van der Waals surface area (Å²) < 4.78 is 5.38. The van der Waals surface area contributed by atoms with Gasteiger partial charge in [-0.15, -0.1) is 0 Å². The van der Waals surface area contributed by atoms with E-state index in [2.05, 4.69) is 13.8 Å². The SMILES string of the molecule is CC(C)OCC(=O)C1CCC(C(C)C)CC1. The molecule has 0 N–H and O–H groups in total. The highest BCUT2D eigenvalue weighted by Gasteiger charge is 2.27. The maximum absolute atomic E-state index is 11.9. The fraction of sp³-hybridized carbons (Fsp3) is 0.929. The first kappa shape index (κ1) is 13.7. The minimum absolute atomic E-state index is 0.163. The van der Waals surface area contributed by atoms with Crippen LogP contribution in [0.1, 0.15) is 53.4 Å². The lowest BCUT2D eigenvalue weighted by Gasteiger charge is -2.30. The zero-order valence-electron chi connectivity index (χ0n) is 11.2. The Hall–Kier alpha value is -0.370. The van der Waals surface area contributed by atoms with Crippen LogP contribution in [-0.4, -0.2) is 18.5 Å². The number of ether oxygens (including phenoxy) is 1. The first-order chi connectivity index (χ1) is 7.50. The van der Waals surface area contributed by atoms with E-state index in [4.69, 9.17) is 4.74 Å². The molecule has 0 aliphatic heterocycles. The van der Waals surface area contributed by atoms with E-state index in [1.807, 2.05) is 13.8 Å². The summed E-state index contributed by atoms with van der Waals surface area (Å²) in [6.45, 7) is 8.84. The van der Waals surface area contributed by atoms with E-state index in [9.17, 15) is 4.79 Å². The Morgan fingerprint density at radius 1 is 1.12 bits per heavy atom. The van der Waals surface area contributed by atoms with Gasteiger partial charge in [0.1, 0.15) is 6.61 Å². The largest absolute Gasteiger partial charge is 0.371 e. The lowest BCUT2D eigenvalue weighted by Crippen LogP contribution is -2.27.